The first kappa shape index (κ1) is 18.6. The van der Waals surface area contributed by atoms with Crippen LogP contribution in [-0.4, -0.2) is 28.0 Å². The summed E-state index contributed by atoms with van der Waals surface area (Å²) < 4.78 is 5.26. The molecule has 3 rings (SSSR count). The average molecular weight is 384 g/mol. The largest absolute Gasteiger partial charge is 0.495 e. The lowest BCUT2D eigenvalue weighted by Gasteiger charge is -2.12. The molecule has 3 aromatic rings. The van der Waals surface area contributed by atoms with Gasteiger partial charge in [-0.25, -0.2) is 9.97 Å². The topological polar surface area (TPSA) is 89.0 Å². The zero-order chi connectivity index (χ0) is 19.2. The Labute approximate surface area is 161 Å². The van der Waals surface area contributed by atoms with Gasteiger partial charge in [0.25, 0.3) is 5.91 Å². The van der Waals surface area contributed by atoms with Crippen molar-refractivity contribution in [1.82, 2.24) is 15.0 Å². The zero-order valence-electron chi connectivity index (χ0n) is 14.9. The van der Waals surface area contributed by atoms with Gasteiger partial charge in [0.1, 0.15) is 17.3 Å². The summed E-state index contributed by atoms with van der Waals surface area (Å²) in [6.07, 6.45) is 4.64. The van der Waals surface area contributed by atoms with E-state index in [4.69, 9.17) is 16.3 Å². The number of hydrogen-bond donors (Lipinski definition) is 2. The third kappa shape index (κ3) is 4.71. The first-order valence-corrected chi connectivity index (χ1v) is 8.56. The molecular weight excluding hydrogens is 366 g/mol. The average Bonchev–Trinajstić information content (AvgIpc) is 2.70. The van der Waals surface area contributed by atoms with Crippen molar-refractivity contribution in [2.24, 2.45) is 0 Å². The van der Waals surface area contributed by atoms with Crippen LogP contribution in [0.3, 0.4) is 0 Å². The fourth-order valence-corrected chi connectivity index (χ4v) is 2.49. The van der Waals surface area contributed by atoms with Gasteiger partial charge in [-0.05, 0) is 30.7 Å². The lowest BCUT2D eigenvalue weighted by Crippen LogP contribution is -2.15. The predicted molar refractivity (Wildman–Crippen MR) is 104 cm³/mol. The van der Waals surface area contributed by atoms with E-state index < -0.39 is 5.91 Å². The Hall–Kier alpha value is -3.19. The minimum atomic E-state index is -0.390. The summed E-state index contributed by atoms with van der Waals surface area (Å²) in [5.74, 6) is 0.636. The van der Waals surface area contributed by atoms with E-state index in [1.54, 1.807) is 18.3 Å². The number of halogens is 1. The van der Waals surface area contributed by atoms with Gasteiger partial charge in [-0.3, -0.25) is 9.78 Å². The van der Waals surface area contributed by atoms with Crippen molar-refractivity contribution in [3.63, 3.8) is 0 Å². The van der Waals surface area contributed by atoms with E-state index in [2.05, 4.69) is 25.6 Å². The third-order valence-corrected chi connectivity index (χ3v) is 4.20. The van der Waals surface area contributed by atoms with Crippen molar-refractivity contribution in [1.29, 1.82) is 0 Å². The second kappa shape index (κ2) is 8.46. The molecule has 1 aromatic carbocycles. The Morgan fingerprint density at radius 3 is 2.70 bits per heavy atom. The van der Waals surface area contributed by atoms with Crippen LogP contribution in [0.4, 0.5) is 11.5 Å². The number of aryl methyl sites for hydroxylation is 1. The second-order valence-electron chi connectivity index (χ2n) is 5.72. The van der Waals surface area contributed by atoms with Gasteiger partial charge >= 0.3 is 0 Å². The van der Waals surface area contributed by atoms with Gasteiger partial charge < -0.3 is 15.4 Å². The highest BCUT2D eigenvalue weighted by atomic mass is 35.5. The van der Waals surface area contributed by atoms with Gasteiger partial charge in [0.05, 0.1) is 37.4 Å². The van der Waals surface area contributed by atoms with Crippen LogP contribution in [0.25, 0.3) is 0 Å². The van der Waals surface area contributed by atoms with Gasteiger partial charge in [0, 0.05) is 17.3 Å². The summed E-state index contributed by atoms with van der Waals surface area (Å²) in [7, 11) is 1.51. The van der Waals surface area contributed by atoms with Crippen LogP contribution < -0.4 is 15.4 Å². The van der Waals surface area contributed by atoms with E-state index in [0.717, 1.165) is 11.3 Å². The summed E-state index contributed by atoms with van der Waals surface area (Å²) in [4.78, 5) is 25.0. The van der Waals surface area contributed by atoms with Crippen molar-refractivity contribution in [2.75, 3.05) is 17.7 Å². The van der Waals surface area contributed by atoms with E-state index in [1.807, 2.05) is 25.1 Å². The smallest absolute Gasteiger partial charge is 0.275 e. The quantitative estimate of drug-likeness (QED) is 0.674. The van der Waals surface area contributed by atoms with Crippen molar-refractivity contribution in [3.05, 3.63) is 70.9 Å². The van der Waals surface area contributed by atoms with E-state index in [1.165, 1.54) is 19.5 Å². The fourth-order valence-electron chi connectivity index (χ4n) is 2.34. The van der Waals surface area contributed by atoms with Crippen LogP contribution in [0.2, 0.25) is 5.02 Å². The van der Waals surface area contributed by atoms with E-state index in [-0.39, 0.29) is 5.69 Å². The summed E-state index contributed by atoms with van der Waals surface area (Å²) in [6, 6.07) is 9.07. The van der Waals surface area contributed by atoms with Crippen LogP contribution in [0.5, 0.6) is 5.75 Å². The van der Waals surface area contributed by atoms with E-state index >= 15 is 0 Å². The SMILES string of the molecule is COc1cc(Cl)c(C)cc1NC(=O)c1cnc(NCc2ccccn2)cn1. The molecule has 0 bridgehead atoms. The number of hydrogen-bond acceptors (Lipinski definition) is 6. The number of nitrogens with zero attached hydrogens (tertiary/aromatic N) is 3. The number of ether oxygens (including phenoxy) is 1. The van der Waals surface area contributed by atoms with Crippen LogP contribution in [0.15, 0.2) is 48.9 Å². The summed E-state index contributed by atoms with van der Waals surface area (Å²) in [5, 5.41) is 6.44. The molecule has 2 aromatic heterocycles. The molecule has 0 aliphatic heterocycles. The molecular formula is C19H18ClN5O2. The number of benzene rings is 1. The van der Waals surface area contributed by atoms with E-state index in [9.17, 15) is 4.79 Å². The number of carbonyl (C=O) groups excluding carboxylic acids is 1. The number of pyridine rings is 1. The minimum absolute atomic E-state index is 0.188. The third-order valence-electron chi connectivity index (χ3n) is 3.79. The molecule has 0 unspecified atom stereocenters. The highest BCUT2D eigenvalue weighted by molar-refractivity contribution is 6.31. The monoisotopic (exact) mass is 383 g/mol. The second-order valence-corrected chi connectivity index (χ2v) is 6.12. The predicted octanol–water partition coefficient (Wildman–Crippen LogP) is 3.71. The van der Waals surface area contributed by atoms with Crippen LogP contribution in [0.1, 0.15) is 21.7 Å². The Kier molecular flexibility index (Phi) is 5.83. The van der Waals surface area contributed by atoms with E-state index in [0.29, 0.717) is 28.8 Å². The van der Waals surface area contributed by atoms with Crippen LogP contribution >= 0.6 is 11.6 Å². The standard InChI is InChI=1S/C19H18ClN5O2/c1-12-7-15(17(27-2)8-14(12)20)25-19(26)16-10-24-18(11-22-16)23-9-13-5-3-4-6-21-13/h3-8,10-11H,9H2,1-2H3,(H,23,24)(H,25,26). The molecule has 0 aliphatic carbocycles. The summed E-state index contributed by atoms with van der Waals surface area (Å²) >= 11 is 6.08. The first-order valence-electron chi connectivity index (χ1n) is 8.18. The number of methoxy groups -OCH3 is 1. The molecule has 0 fully saturated rings. The van der Waals surface area contributed by atoms with Crippen LogP contribution in [0, 0.1) is 6.92 Å². The maximum Gasteiger partial charge on any atom is 0.275 e. The minimum Gasteiger partial charge on any atom is -0.495 e. The molecule has 2 heterocycles. The highest BCUT2D eigenvalue weighted by Gasteiger charge is 2.13. The maximum absolute atomic E-state index is 12.4. The molecule has 2 N–H and O–H groups in total. The normalized spacial score (nSPS) is 10.3. The summed E-state index contributed by atoms with van der Waals surface area (Å²) in [6.45, 7) is 2.36. The molecule has 0 radical (unpaired) electrons. The molecule has 138 valence electrons. The molecule has 0 aliphatic rings. The first-order chi connectivity index (χ1) is 13.1. The number of amides is 1. The highest BCUT2D eigenvalue weighted by Crippen LogP contribution is 2.31. The lowest BCUT2D eigenvalue weighted by atomic mass is 10.2. The molecule has 0 saturated heterocycles. The number of carbonyl (C=O) groups is 1. The Morgan fingerprint density at radius 1 is 1.19 bits per heavy atom. The number of anilines is 2. The molecule has 0 atom stereocenters. The Balaban J connectivity index is 1.66. The van der Waals surface area contributed by atoms with Crippen molar-refractivity contribution in [2.45, 2.75) is 13.5 Å². The van der Waals surface area contributed by atoms with Gasteiger partial charge in [0.2, 0.25) is 0 Å². The van der Waals surface area contributed by atoms with Gasteiger partial charge in [-0.2, -0.15) is 0 Å². The molecule has 8 heteroatoms. The molecule has 1 amide bonds. The van der Waals surface area contributed by atoms with Gasteiger partial charge in [0.15, 0.2) is 0 Å². The number of rotatable bonds is 6. The van der Waals surface area contributed by atoms with Crippen LogP contribution in [-0.2, 0) is 6.54 Å². The molecule has 0 saturated carbocycles. The summed E-state index contributed by atoms with van der Waals surface area (Å²) in [5.41, 5.74) is 2.41. The fraction of sp³-hybridized carbons (Fsp3) is 0.158. The number of aromatic nitrogens is 3. The van der Waals surface area contributed by atoms with Crippen molar-refractivity contribution < 1.29 is 9.53 Å². The molecule has 27 heavy (non-hydrogen) atoms. The van der Waals surface area contributed by atoms with Crippen molar-refractivity contribution in [3.8, 4) is 5.75 Å². The van der Waals surface area contributed by atoms with Gasteiger partial charge in [-0.15, -0.1) is 0 Å². The zero-order valence-corrected chi connectivity index (χ0v) is 15.6. The molecule has 7 nitrogen and oxygen atoms in total. The van der Waals surface area contributed by atoms with Gasteiger partial charge in [-0.1, -0.05) is 17.7 Å². The Morgan fingerprint density at radius 2 is 2.04 bits per heavy atom. The molecule has 0 spiro atoms. The number of nitrogens with one attached hydrogen (secondary N) is 2. The lowest BCUT2D eigenvalue weighted by molar-refractivity contribution is 0.102. The van der Waals surface area contributed by atoms with Crippen molar-refractivity contribution >= 4 is 29.0 Å². The maximum atomic E-state index is 12.4. The Bertz CT molecular complexity index is 933.